The summed E-state index contributed by atoms with van der Waals surface area (Å²) in [6.07, 6.45) is 1.91. The van der Waals surface area contributed by atoms with E-state index < -0.39 is 12.2 Å². The quantitative estimate of drug-likeness (QED) is 0.614. The summed E-state index contributed by atoms with van der Waals surface area (Å²) in [5.74, 6) is 0. The Morgan fingerprint density at radius 1 is 0.905 bits per heavy atom. The van der Waals surface area contributed by atoms with E-state index in [1.165, 1.54) is 16.3 Å². The lowest BCUT2D eigenvalue weighted by molar-refractivity contribution is 0.0471. The van der Waals surface area contributed by atoms with Crippen LogP contribution in [-0.2, 0) is 0 Å². The second kappa shape index (κ2) is 4.42. The van der Waals surface area contributed by atoms with E-state index in [-0.39, 0.29) is 0 Å². The maximum Gasteiger partial charge on any atom is 0.109 e. The normalized spacial score (nSPS) is 20.9. The minimum absolute atomic E-state index is 0.796. The van der Waals surface area contributed by atoms with Gasteiger partial charge in [-0.25, -0.2) is 0 Å². The first-order chi connectivity index (χ1) is 10.1. The highest BCUT2D eigenvalue weighted by atomic mass is 16.3. The summed E-state index contributed by atoms with van der Waals surface area (Å²) in [6.45, 7) is 2.12. The van der Waals surface area contributed by atoms with Gasteiger partial charge in [-0.1, -0.05) is 42.5 Å². The van der Waals surface area contributed by atoms with Crippen molar-refractivity contribution in [2.45, 2.75) is 19.1 Å². The average molecular weight is 276 g/mol. The van der Waals surface area contributed by atoms with Crippen molar-refractivity contribution in [2.75, 3.05) is 0 Å². The van der Waals surface area contributed by atoms with Gasteiger partial charge in [0.05, 0.1) is 0 Å². The standard InChI is InChI=1S/C19H16O2/c1-11-3-2-4-12-10-17-13(9-16(11)12)5-6-15-14(17)7-8-18(20)19(15)21/h2-10,18-21H,1H3. The van der Waals surface area contributed by atoms with Crippen molar-refractivity contribution < 1.29 is 10.2 Å². The van der Waals surface area contributed by atoms with Crippen molar-refractivity contribution in [1.29, 1.82) is 0 Å². The van der Waals surface area contributed by atoms with Crippen molar-refractivity contribution >= 4 is 27.6 Å². The highest BCUT2D eigenvalue weighted by Gasteiger charge is 2.23. The predicted octanol–water partition coefficient (Wildman–Crippen LogP) is 3.72. The van der Waals surface area contributed by atoms with Crippen molar-refractivity contribution in [3.8, 4) is 0 Å². The third kappa shape index (κ3) is 1.80. The Hall–Kier alpha value is -2.16. The zero-order chi connectivity index (χ0) is 14.6. The van der Waals surface area contributed by atoms with Crippen LogP contribution in [0.1, 0.15) is 22.8 Å². The van der Waals surface area contributed by atoms with Gasteiger partial charge in [-0.3, -0.25) is 0 Å². The second-order valence-corrected chi connectivity index (χ2v) is 5.73. The first-order valence-electron chi connectivity index (χ1n) is 7.15. The van der Waals surface area contributed by atoms with Crippen LogP contribution in [0.4, 0.5) is 0 Å². The van der Waals surface area contributed by atoms with E-state index in [4.69, 9.17) is 0 Å². The number of aliphatic hydroxyl groups is 2. The van der Waals surface area contributed by atoms with Crippen LogP contribution in [-0.4, -0.2) is 16.3 Å². The molecule has 0 aromatic heterocycles. The third-order valence-corrected chi connectivity index (χ3v) is 4.41. The summed E-state index contributed by atoms with van der Waals surface area (Å²) < 4.78 is 0. The van der Waals surface area contributed by atoms with Gasteiger partial charge in [0.2, 0.25) is 0 Å². The fourth-order valence-corrected chi connectivity index (χ4v) is 3.22. The molecule has 2 heteroatoms. The molecule has 2 nitrogen and oxygen atoms in total. The molecular weight excluding hydrogens is 260 g/mol. The van der Waals surface area contributed by atoms with Crippen LogP contribution in [0.15, 0.2) is 48.5 Å². The van der Waals surface area contributed by atoms with Gasteiger partial charge in [0.1, 0.15) is 12.2 Å². The van der Waals surface area contributed by atoms with Crippen LogP contribution in [0.5, 0.6) is 0 Å². The van der Waals surface area contributed by atoms with Crippen LogP contribution in [0, 0.1) is 6.92 Å². The minimum Gasteiger partial charge on any atom is -0.386 e. The van der Waals surface area contributed by atoms with Gasteiger partial charge in [-0.05, 0) is 57.3 Å². The molecule has 0 amide bonds. The predicted molar refractivity (Wildman–Crippen MR) is 86.2 cm³/mol. The van der Waals surface area contributed by atoms with E-state index in [0.717, 1.165) is 21.9 Å². The minimum atomic E-state index is -0.845. The number of hydrogen-bond donors (Lipinski definition) is 2. The Balaban J connectivity index is 2.10. The van der Waals surface area contributed by atoms with E-state index in [2.05, 4.69) is 37.3 Å². The SMILES string of the molecule is Cc1cccc2cc3c4c(ccc3cc12)C(O)C(O)C=C4. The Morgan fingerprint density at radius 2 is 1.67 bits per heavy atom. The van der Waals surface area contributed by atoms with Crippen molar-refractivity contribution in [3.63, 3.8) is 0 Å². The van der Waals surface area contributed by atoms with E-state index in [1.807, 2.05) is 18.2 Å². The molecule has 0 heterocycles. The van der Waals surface area contributed by atoms with E-state index in [0.29, 0.717) is 0 Å². The molecule has 1 aliphatic carbocycles. The van der Waals surface area contributed by atoms with E-state index in [1.54, 1.807) is 6.08 Å². The molecule has 2 atom stereocenters. The van der Waals surface area contributed by atoms with Crippen LogP contribution < -0.4 is 0 Å². The number of rotatable bonds is 0. The van der Waals surface area contributed by atoms with Crippen molar-refractivity contribution in [3.05, 3.63) is 65.2 Å². The first-order valence-corrected chi connectivity index (χ1v) is 7.15. The topological polar surface area (TPSA) is 40.5 Å². The lowest BCUT2D eigenvalue weighted by Gasteiger charge is -2.23. The summed E-state index contributed by atoms with van der Waals surface area (Å²) in [6, 6.07) is 14.6. The summed E-state index contributed by atoms with van der Waals surface area (Å²) in [7, 11) is 0. The Labute approximate surface area is 123 Å². The van der Waals surface area contributed by atoms with Gasteiger partial charge in [-0.15, -0.1) is 0 Å². The maximum absolute atomic E-state index is 10.1. The molecule has 0 fully saturated rings. The molecule has 0 bridgehead atoms. The molecule has 1 aliphatic rings. The number of aryl methyl sites for hydroxylation is 1. The number of hydrogen-bond acceptors (Lipinski definition) is 2. The molecule has 0 aliphatic heterocycles. The molecule has 3 aromatic rings. The lowest BCUT2D eigenvalue weighted by Crippen LogP contribution is -2.19. The molecule has 104 valence electrons. The van der Waals surface area contributed by atoms with Crippen LogP contribution in [0.2, 0.25) is 0 Å². The van der Waals surface area contributed by atoms with Crippen LogP contribution in [0.3, 0.4) is 0 Å². The highest BCUT2D eigenvalue weighted by Crippen LogP contribution is 2.35. The van der Waals surface area contributed by atoms with Crippen LogP contribution in [0.25, 0.3) is 27.6 Å². The largest absolute Gasteiger partial charge is 0.386 e. The smallest absolute Gasteiger partial charge is 0.109 e. The fraction of sp³-hybridized carbons (Fsp3) is 0.158. The van der Waals surface area contributed by atoms with Gasteiger partial charge in [0.25, 0.3) is 0 Å². The van der Waals surface area contributed by atoms with Gasteiger partial charge >= 0.3 is 0 Å². The fourth-order valence-electron chi connectivity index (χ4n) is 3.22. The van der Waals surface area contributed by atoms with Crippen molar-refractivity contribution in [2.24, 2.45) is 0 Å². The molecule has 2 unspecified atom stereocenters. The molecule has 0 saturated carbocycles. The second-order valence-electron chi connectivity index (χ2n) is 5.73. The third-order valence-electron chi connectivity index (χ3n) is 4.41. The molecule has 2 N–H and O–H groups in total. The summed E-state index contributed by atoms with van der Waals surface area (Å²) in [4.78, 5) is 0. The zero-order valence-corrected chi connectivity index (χ0v) is 11.7. The van der Waals surface area contributed by atoms with Crippen molar-refractivity contribution in [1.82, 2.24) is 0 Å². The molecule has 4 rings (SSSR count). The summed E-state index contributed by atoms with van der Waals surface area (Å²) in [5, 5.41) is 24.6. The Kier molecular flexibility index (Phi) is 2.64. The maximum atomic E-state index is 10.1. The van der Waals surface area contributed by atoms with Gasteiger partial charge in [0.15, 0.2) is 0 Å². The zero-order valence-electron chi connectivity index (χ0n) is 11.7. The van der Waals surface area contributed by atoms with Gasteiger partial charge in [0, 0.05) is 0 Å². The molecule has 0 spiro atoms. The monoisotopic (exact) mass is 276 g/mol. The average Bonchev–Trinajstić information content (AvgIpc) is 2.49. The molecule has 21 heavy (non-hydrogen) atoms. The van der Waals surface area contributed by atoms with E-state index in [9.17, 15) is 10.2 Å². The Bertz CT molecular complexity index is 893. The molecule has 3 aromatic carbocycles. The Morgan fingerprint density at radius 3 is 2.52 bits per heavy atom. The molecule has 0 radical (unpaired) electrons. The van der Waals surface area contributed by atoms with Crippen LogP contribution >= 0.6 is 0 Å². The highest BCUT2D eigenvalue weighted by molar-refractivity contribution is 6.03. The lowest BCUT2D eigenvalue weighted by atomic mass is 9.88. The number of aliphatic hydroxyl groups excluding tert-OH is 2. The summed E-state index contributed by atoms with van der Waals surface area (Å²) in [5.41, 5.74) is 3.07. The van der Waals surface area contributed by atoms with Gasteiger partial charge in [-0.2, -0.15) is 0 Å². The van der Waals surface area contributed by atoms with E-state index >= 15 is 0 Å². The van der Waals surface area contributed by atoms with Gasteiger partial charge < -0.3 is 10.2 Å². The summed E-state index contributed by atoms with van der Waals surface area (Å²) >= 11 is 0. The molecule has 0 saturated heterocycles. The number of fused-ring (bicyclic) bond motifs is 4. The number of benzene rings is 3. The molecular formula is C19H16O2. The first kappa shape index (κ1) is 12.6.